The zero-order valence-corrected chi connectivity index (χ0v) is 8.44. The SMILES string of the molecule is COc1cccc(C(N)CC2CC2)n1. The molecule has 3 nitrogen and oxygen atoms in total. The lowest BCUT2D eigenvalue weighted by molar-refractivity contribution is 0.394. The van der Waals surface area contributed by atoms with Crippen molar-refractivity contribution in [3.63, 3.8) is 0 Å². The first-order valence-corrected chi connectivity index (χ1v) is 5.06. The van der Waals surface area contributed by atoms with Crippen molar-refractivity contribution in [3.05, 3.63) is 23.9 Å². The number of rotatable bonds is 4. The fourth-order valence-electron chi connectivity index (χ4n) is 1.58. The fourth-order valence-corrected chi connectivity index (χ4v) is 1.58. The van der Waals surface area contributed by atoms with Crippen molar-refractivity contribution in [2.75, 3.05) is 7.11 Å². The van der Waals surface area contributed by atoms with Crippen molar-refractivity contribution in [2.45, 2.75) is 25.3 Å². The molecular weight excluding hydrogens is 176 g/mol. The third-order valence-electron chi connectivity index (χ3n) is 2.62. The van der Waals surface area contributed by atoms with E-state index in [1.165, 1.54) is 12.8 Å². The van der Waals surface area contributed by atoms with E-state index in [2.05, 4.69) is 4.98 Å². The summed E-state index contributed by atoms with van der Waals surface area (Å²) >= 11 is 0. The lowest BCUT2D eigenvalue weighted by Crippen LogP contribution is -2.12. The van der Waals surface area contributed by atoms with E-state index in [0.717, 1.165) is 18.0 Å². The Labute approximate surface area is 84.3 Å². The van der Waals surface area contributed by atoms with Gasteiger partial charge < -0.3 is 10.5 Å². The zero-order valence-electron chi connectivity index (χ0n) is 8.44. The maximum Gasteiger partial charge on any atom is 0.213 e. The predicted octanol–water partition coefficient (Wildman–Crippen LogP) is 1.89. The highest BCUT2D eigenvalue weighted by Gasteiger charge is 2.24. The minimum atomic E-state index is 0.0672. The molecule has 0 radical (unpaired) electrons. The second-order valence-electron chi connectivity index (χ2n) is 3.89. The Hall–Kier alpha value is -1.09. The summed E-state index contributed by atoms with van der Waals surface area (Å²) in [7, 11) is 1.62. The minimum Gasteiger partial charge on any atom is -0.481 e. The summed E-state index contributed by atoms with van der Waals surface area (Å²) in [4.78, 5) is 4.32. The highest BCUT2D eigenvalue weighted by molar-refractivity contribution is 5.18. The van der Waals surface area contributed by atoms with Crippen LogP contribution in [0.4, 0.5) is 0 Å². The van der Waals surface area contributed by atoms with Crippen molar-refractivity contribution in [2.24, 2.45) is 11.7 Å². The molecule has 3 heteroatoms. The largest absolute Gasteiger partial charge is 0.481 e. The summed E-state index contributed by atoms with van der Waals surface area (Å²) in [6.07, 6.45) is 3.72. The van der Waals surface area contributed by atoms with Crippen LogP contribution in [-0.2, 0) is 0 Å². The number of pyridine rings is 1. The van der Waals surface area contributed by atoms with Crippen LogP contribution in [-0.4, -0.2) is 12.1 Å². The number of ether oxygens (including phenoxy) is 1. The Kier molecular flexibility index (Phi) is 2.68. The summed E-state index contributed by atoms with van der Waals surface area (Å²) in [5, 5.41) is 0. The van der Waals surface area contributed by atoms with Gasteiger partial charge in [0, 0.05) is 12.1 Å². The molecule has 2 N–H and O–H groups in total. The maximum absolute atomic E-state index is 6.04. The molecule has 0 spiro atoms. The third kappa shape index (κ3) is 2.23. The highest BCUT2D eigenvalue weighted by atomic mass is 16.5. The van der Waals surface area contributed by atoms with Crippen molar-refractivity contribution >= 4 is 0 Å². The van der Waals surface area contributed by atoms with Crippen molar-refractivity contribution in [1.82, 2.24) is 4.98 Å². The van der Waals surface area contributed by atoms with Crippen LogP contribution in [0.3, 0.4) is 0 Å². The van der Waals surface area contributed by atoms with E-state index < -0.39 is 0 Å². The van der Waals surface area contributed by atoms with Crippen molar-refractivity contribution in [3.8, 4) is 5.88 Å². The Morgan fingerprint density at radius 3 is 3.00 bits per heavy atom. The molecule has 0 aromatic carbocycles. The number of aromatic nitrogens is 1. The van der Waals surface area contributed by atoms with Crippen LogP contribution in [0.15, 0.2) is 18.2 Å². The molecule has 0 saturated heterocycles. The molecule has 1 aromatic heterocycles. The lowest BCUT2D eigenvalue weighted by Gasteiger charge is -2.10. The van der Waals surface area contributed by atoms with Crippen LogP contribution < -0.4 is 10.5 Å². The molecule has 1 aromatic rings. The Balaban J connectivity index is 2.05. The molecule has 1 fully saturated rings. The van der Waals surface area contributed by atoms with Gasteiger partial charge in [-0.05, 0) is 18.4 Å². The molecule has 1 heterocycles. The summed E-state index contributed by atoms with van der Waals surface area (Å²) in [5.41, 5.74) is 6.98. The number of hydrogen-bond donors (Lipinski definition) is 1. The monoisotopic (exact) mass is 192 g/mol. The second kappa shape index (κ2) is 3.96. The van der Waals surface area contributed by atoms with Gasteiger partial charge in [0.25, 0.3) is 0 Å². The quantitative estimate of drug-likeness (QED) is 0.792. The van der Waals surface area contributed by atoms with E-state index in [1.54, 1.807) is 7.11 Å². The first-order valence-electron chi connectivity index (χ1n) is 5.06. The van der Waals surface area contributed by atoms with E-state index in [1.807, 2.05) is 18.2 Å². The van der Waals surface area contributed by atoms with Crippen LogP contribution in [0, 0.1) is 5.92 Å². The molecule has 1 saturated carbocycles. The lowest BCUT2D eigenvalue weighted by atomic mass is 10.1. The third-order valence-corrected chi connectivity index (χ3v) is 2.62. The second-order valence-corrected chi connectivity index (χ2v) is 3.89. The van der Waals surface area contributed by atoms with Gasteiger partial charge in [-0.25, -0.2) is 4.98 Å². The highest BCUT2D eigenvalue weighted by Crippen LogP contribution is 2.36. The molecule has 2 rings (SSSR count). The maximum atomic E-state index is 6.04. The molecular formula is C11H16N2O. The fraction of sp³-hybridized carbons (Fsp3) is 0.545. The van der Waals surface area contributed by atoms with Crippen LogP contribution in [0.5, 0.6) is 5.88 Å². The first-order chi connectivity index (χ1) is 6.79. The van der Waals surface area contributed by atoms with Crippen LogP contribution >= 0.6 is 0 Å². The Morgan fingerprint density at radius 2 is 2.36 bits per heavy atom. The number of methoxy groups -OCH3 is 1. The van der Waals surface area contributed by atoms with Gasteiger partial charge in [0.15, 0.2) is 0 Å². The molecule has 1 aliphatic carbocycles. The molecule has 76 valence electrons. The smallest absolute Gasteiger partial charge is 0.213 e. The van der Waals surface area contributed by atoms with E-state index in [9.17, 15) is 0 Å². The van der Waals surface area contributed by atoms with Crippen LogP contribution in [0.25, 0.3) is 0 Å². The van der Waals surface area contributed by atoms with Gasteiger partial charge in [0.2, 0.25) is 5.88 Å². The van der Waals surface area contributed by atoms with Crippen LogP contribution in [0.2, 0.25) is 0 Å². The zero-order chi connectivity index (χ0) is 9.97. The molecule has 14 heavy (non-hydrogen) atoms. The van der Waals surface area contributed by atoms with Gasteiger partial charge in [-0.1, -0.05) is 18.9 Å². The minimum absolute atomic E-state index is 0.0672. The van der Waals surface area contributed by atoms with E-state index >= 15 is 0 Å². The van der Waals surface area contributed by atoms with Gasteiger partial charge in [-0.15, -0.1) is 0 Å². The summed E-state index contributed by atoms with van der Waals surface area (Å²) in [5.74, 6) is 1.48. The summed E-state index contributed by atoms with van der Waals surface area (Å²) in [6.45, 7) is 0. The predicted molar refractivity (Wildman–Crippen MR) is 55.1 cm³/mol. The first kappa shape index (κ1) is 9.46. The number of hydrogen-bond acceptors (Lipinski definition) is 3. The van der Waals surface area contributed by atoms with Gasteiger partial charge in [0.05, 0.1) is 12.8 Å². The molecule has 0 aliphatic heterocycles. The molecule has 1 aliphatic rings. The average molecular weight is 192 g/mol. The Bertz CT molecular complexity index is 310. The van der Waals surface area contributed by atoms with Crippen LogP contribution in [0.1, 0.15) is 31.0 Å². The van der Waals surface area contributed by atoms with Crippen molar-refractivity contribution in [1.29, 1.82) is 0 Å². The molecule has 0 amide bonds. The normalized spacial score (nSPS) is 17.9. The van der Waals surface area contributed by atoms with E-state index in [4.69, 9.17) is 10.5 Å². The van der Waals surface area contributed by atoms with E-state index in [0.29, 0.717) is 5.88 Å². The summed E-state index contributed by atoms with van der Waals surface area (Å²) in [6, 6.07) is 5.81. The summed E-state index contributed by atoms with van der Waals surface area (Å²) < 4.78 is 5.06. The number of nitrogens with two attached hydrogens (primary N) is 1. The van der Waals surface area contributed by atoms with Gasteiger partial charge in [-0.3, -0.25) is 0 Å². The molecule has 0 bridgehead atoms. The van der Waals surface area contributed by atoms with Gasteiger partial charge in [-0.2, -0.15) is 0 Å². The standard InChI is InChI=1S/C11H16N2O/c1-14-11-4-2-3-10(13-11)9(12)7-8-5-6-8/h2-4,8-9H,5-7,12H2,1H3. The molecule has 1 unspecified atom stereocenters. The van der Waals surface area contributed by atoms with Gasteiger partial charge >= 0.3 is 0 Å². The van der Waals surface area contributed by atoms with Crippen molar-refractivity contribution < 1.29 is 4.74 Å². The Morgan fingerprint density at radius 1 is 1.57 bits per heavy atom. The topological polar surface area (TPSA) is 48.1 Å². The average Bonchev–Trinajstić information content (AvgIpc) is 3.02. The number of nitrogens with zero attached hydrogens (tertiary/aromatic N) is 1. The van der Waals surface area contributed by atoms with E-state index in [-0.39, 0.29) is 6.04 Å². The van der Waals surface area contributed by atoms with Gasteiger partial charge in [0.1, 0.15) is 0 Å². The molecule has 1 atom stereocenters.